The maximum atomic E-state index is 11.8. The van der Waals surface area contributed by atoms with Gasteiger partial charge in [0, 0.05) is 35.2 Å². The smallest absolute Gasteiger partial charge is 0.228 e. The van der Waals surface area contributed by atoms with Gasteiger partial charge in [-0.15, -0.1) is 0 Å². The zero-order chi connectivity index (χ0) is 12.3. The van der Waals surface area contributed by atoms with Crippen molar-refractivity contribution in [3.8, 4) is 0 Å². The summed E-state index contributed by atoms with van der Waals surface area (Å²) in [6.07, 6.45) is 1.89. The van der Waals surface area contributed by atoms with Crippen LogP contribution in [0.15, 0.2) is 30.5 Å². The Morgan fingerprint density at radius 2 is 2.24 bits per heavy atom. The molecule has 4 heteroatoms. The number of carbonyl (C=O) groups excluding carboxylic acids is 1. The number of amides is 1. The Labute approximate surface area is 100 Å². The number of H-pyrrole nitrogens is 1. The van der Waals surface area contributed by atoms with E-state index in [9.17, 15) is 4.79 Å². The summed E-state index contributed by atoms with van der Waals surface area (Å²) in [5.74, 6) is -0.00356. The van der Waals surface area contributed by atoms with E-state index in [1.807, 2.05) is 44.4 Å². The van der Waals surface area contributed by atoms with Crippen molar-refractivity contribution in [2.24, 2.45) is 5.92 Å². The molecule has 0 fully saturated rings. The molecule has 1 unspecified atom stereocenters. The van der Waals surface area contributed by atoms with E-state index in [0.29, 0.717) is 6.54 Å². The summed E-state index contributed by atoms with van der Waals surface area (Å²) in [4.78, 5) is 14.9. The van der Waals surface area contributed by atoms with Crippen molar-refractivity contribution in [3.05, 3.63) is 30.5 Å². The zero-order valence-electron chi connectivity index (χ0n) is 10.1. The van der Waals surface area contributed by atoms with Gasteiger partial charge in [-0.05, 0) is 31.3 Å². The molecule has 0 bridgehead atoms. The molecule has 2 rings (SSSR count). The van der Waals surface area contributed by atoms with Crippen molar-refractivity contribution < 1.29 is 4.79 Å². The lowest BCUT2D eigenvalue weighted by Crippen LogP contribution is -2.28. The van der Waals surface area contributed by atoms with Gasteiger partial charge in [0.25, 0.3) is 0 Å². The summed E-state index contributed by atoms with van der Waals surface area (Å²) in [6, 6.07) is 7.83. The maximum absolute atomic E-state index is 11.8. The average molecular weight is 231 g/mol. The highest BCUT2D eigenvalue weighted by Crippen LogP contribution is 2.18. The van der Waals surface area contributed by atoms with Crippen molar-refractivity contribution in [2.45, 2.75) is 6.92 Å². The molecular formula is C13H17N3O. The number of anilines is 1. The fourth-order valence-electron chi connectivity index (χ4n) is 1.80. The second-order valence-corrected chi connectivity index (χ2v) is 4.23. The SMILES string of the molecule is CNCC(C)C(=O)Nc1ccc2[nH]ccc2c1. The zero-order valence-corrected chi connectivity index (χ0v) is 10.1. The Morgan fingerprint density at radius 3 is 3.00 bits per heavy atom. The summed E-state index contributed by atoms with van der Waals surface area (Å²) in [7, 11) is 1.84. The van der Waals surface area contributed by atoms with Crippen molar-refractivity contribution in [1.82, 2.24) is 10.3 Å². The largest absolute Gasteiger partial charge is 0.361 e. The lowest BCUT2D eigenvalue weighted by Gasteiger charge is -2.11. The van der Waals surface area contributed by atoms with Crippen LogP contribution in [0.4, 0.5) is 5.69 Å². The molecule has 1 aromatic carbocycles. The van der Waals surface area contributed by atoms with E-state index in [0.717, 1.165) is 16.6 Å². The third kappa shape index (κ3) is 2.65. The Bertz CT molecular complexity index is 518. The number of aromatic amines is 1. The van der Waals surface area contributed by atoms with Crippen LogP contribution in [0.1, 0.15) is 6.92 Å². The molecule has 1 heterocycles. The molecule has 17 heavy (non-hydrogen) atoms. The number of nitrogens with one attached hydrogen (secondary N) is 3. The van der Waals surface area contributed by atoms with Gasteiger partial charge in [-0.25, -0.2) is 0 Å². The van der Waals surface area contributed by atoms with Crippen molar-refractivity contribution in [2.75, 3.05) is 18.9 Å². The molecule has 0 spiro atoms. The molecule has 1 amide bonds. The van der Waals surface area contributed by atoms with E-state index in [-0.39, 0.29) is 11.8 Å². The van der Waals surface area contributed by atoms with E-state index in [1.165, 1.54) is 0 Å². The van der Waals surface area contributed by atoms with Gasteiger partial charge in [0.05, 0.1) is 0 Å². The minimum absolute atomic E-state index is 0.0363. The van der Waals surface area contributed by atoms with Gasteiger partial charge in [-0.3, -0.25) is 4.79 Å². The van der Waals surface area contributed by atoms with Gasteiger partial charge in [0.2, 0.25) is 5.91 Å². The van der Waals surface area contributed by atoms with E-state index >= 15 is 0 Å². The van der Waals surface area contributed by atoms with Crippen LogP contribution in [0.25, 0.3) is 10.9 Å². The third-order valence-electron chi connectivity index (χ3n) is 2.78. The van der Waals surface area contributed by atoms with Crippen LogP contribution in [-0.4, -0.2) is 24.5 Å². The van der Waals surface area contributed by atoms with E-state index in [2.05, 4.69) is 15.6 Å². The molecule has 1 atom stereocenters. The number of carbonyl (C=O) groups is 1. The first-order valence-electron chi connectivity index (χ1n) is 5.73. The quantitative estimate of drug-likeness (QED) is 0.753. The predicted molar refractivity (Wildman–Crippen MR) is 70.0 cm³/mol. The monoisotopic (exact) mass is 231 g/mol. The number of rotatable bonds is 4. The normalized spacial score (nSPS) is 12.6. The van der Waals surface area contributed by atoms with Gasteiger partial charge in [-0.2, -0.15) is 0 Å². The number of fused-ring (bicyclic) bond motifs is 1. The second-order valence-electron chi connectivity index (χ2n) is 4.23. The van der Waals surface area contributed by atoms with E-state index < -0.39 is 0 Å². The van der Waals surface area contributed by atoms with Gasteiger partial charge in [0.15, 0.2) is 0 Å². The Morgan fingerprint density at radius 1 is 1.41 bits per heavy atom. The summed E-state index contributed by atoms with van der Waals surface area (Å²) in [5.41, 5.74) is 1.91. The molecule has 0 aliphatic heterocycles. The number of benzene rings is 1. The van der Waals surface area contributed by atoms with Crippen LogP contribution in [0.2, 0.25) is 0 Å². The average Bonchev–Trinajstić information content (AvgIpc) is 2.76. The highest BCUT2D eigenvalue weighted by atomic mass is 16.1. The number of hydrogen-bond acceptors (Lipinski definition) is 2. The summed E-state index contributed by atoms with van der Waals surface area (Å²) >= 11 is 0. The Balaban J connectivity index is 2.09. The number of hydrogen-bond donors (Lipinski definition) is 3. The maximum Gasteiger partial charge on any atom is 0.228 e. The first-order chi connectivity index (χ1) is 8.20. The van der Waals surface area contributed by atoms with Gasteiger partial charge < -0.3 is 15.6 Å². The minimum Gasteiger partial charge on any atom is -0.361 e. The van der Waals surface area contributed by atoms with Crippen molar-refractivity contribution in [1.29, 1.82) is 0 Å². The van der Waals surface area contributed by atoms with Gasteiger partial charge in [-0.1, -0.05) is 6.92 Å². The molecule has 3 N–H and O–H groups in total. The van der Waals surface area contributed by atoms with Gasteiger partial charge in [0.1, 0.15) is 0 Å². The summed E-state index contributed by atoms with van der Waals surface area (Å²) in [5, 5.41) is 7.01. The molecule has 0 aliphatic rings. The molecule has 4 nitrogen and oxygen atoms in total. The summed E-state index contributed by atoms with van der Waals surface area (Å²) < 4.78 is 0. The van der Waals surface area contributed by atoms with Crippen LogP contribution in [0.3, 0.4) is 0 Å². The molecule has 0 radical (unpaired) electrons. The third-order valence-corrected chi connectivity index (χ3v) is 2.78. The fraction of sp³-hybridized carbons (Fsp3) is 0.308. The minimum atomic E-state index is -0.0399. The van der Waals surface area contributed by atoms with Crippen LogP contribution in [0.5, 0.6) is 0 Å². The molecule has 0 aliphatic carbocycles. The fourth-order valence-corrected chi connectivity index (χ4v) is 1.80. The van der Waals surface area contributed by atoms with Crippen molar-refractivity contribution >= 4 is 22.5 Å². The molecule has 0 saturated heterocycles. The lowest BCUT2D eigenvalue weighted by atomic mass is 10.1. The van der Waals surface area contributed by atoms with Crippen LogP contribution in [0, 0.1) is 5.92 Å². The standard InChI is InChI=1S/C13H17N3O/c1-9(8-14-2)13(17)16-11-3-4-12-10(7-11)5-6-15-12/h3-7,9,14-15H,8H2,1-2H3,(H,16,17). The van der Waals surface area contributed by atoms with Crippen LogP contribution in [-0.2, 0) is 4.79 Å². The molecule has 1 aromatic heterocycles. The van der Waals surface area contributed by atoms with Crippen molar-refractivity contribution in [3.63, 3.8) is 0 Å². The van der Waals surface area contributed by atoms with Crippen LogP contribution < -0.4 is 10.6 Å². The van der Waals surface area contributed by atoms with E-state index in [1.54, 1.807) is 0 Å². The molecular weight excluding hydrogens is 214 g/mol. The van der Waals surface area contributed by atoms with Gasteiger partial charge >= 0.3 is 0 Å². The summed E-state index contributed by atoms with van der Waals surface area (Å²) in [6.45, 7) is 2.58. The lowest BCUT2D eigenvalue weighted by molar-refractivity contribution is -0.119. The molecule has 90 valence electrons. The first kappa shape index (κ1) is 11.7. The Kier molecular flexibility index (Phi) is 3.44. The van der Waals surface area contributed by atoms with Crippen LogP contribution >= 0.6 is 0 Å². The molecule has 0 saturated carbocycles. The Hall–Kier alpha value is -1.81. The highest BCUT2D eigenvalue weighted by Gasteiger charge is 2.11. The molecule has 2 aromatic rings. The predicted octanol–water partition coefficient (Wildman–Crippen LogP) is 1.96. The topological polar surface area (TPSA) is 56.9 Å². The number of aromatic nitrogens is 1. The highest BCUT2D eigenvalue weighted by molar-refractivity contribution is 5.95. The second kappa shape index (κ2) is 5.01. The first-order valence-corrected chi connectivity index (χ1v) is 5.73. The van der Waals surface area contributed by atoms with E-state index in [4.69, 9.17) is 0 Å².